The molecule has 2 aliphatic rings. The van der Waals surface area contributed by atoms with Gasteiger partial charge in [0.1, 0.15) is 17.9 Å². The van der Waals surface area contributed by atoms with Crippen LogP contribution in [0.15, 0.2) is 60.3 Å². The second kappa shape index (κ2) is 8.33. The molecule has 2 aromatic carbocycles. The van der Waals surface area contributed by atoms with Crippen molar-refractivity contribution in [3.63, 3.8) is 0 Å². The van der Waals surface area contributed by atoms with Crippen LogP contribution in [0.25, 0.3) is 17.0 Å². The van der Waals surface area contributed by atoms with Crippen LogP contribution in [0.5, 0.6) is 11.6 Å². The number of benzene rings is 2. The van der Waals surface area contributed by atoms with Crippen molar-refractivity contribution in [1.29, 1.82) is 5.26 Å². The first-order valence-electron chi connectivity index (χ1n) is 10.4. The van der Waals surface area contributed by atoms with Gasteiger partial charge in [0, 0.05) is 12.5 Å². The number of anilines is 1. The number of para-hydroxylation sites is 1. The van der Waals surface area contributed by atoms with E-state index in [2.05, 4.69) is 12.6 Å². The highest BCUT2D eigenvalue weighted by Gasteiger charge is 2.25. The lowest BCUT2D eigenvalue weighted by Crippen LogP contribution is -2.27. The van der Waals surface area contributed by atoms with Gasteiger partial charge in [-0.25, -0.2) is 4.98 Å². The maximum absolute atomic E-state index is 9.62. The highest BCUT2D eigenvalue weighted by atomic mass is 16.5. The monoisotopic (exact) mass is 426 g/mol. The minimum absolute atomic E-state index is 0.0239. The van der Waals surface area contributed by atoms with E-state index < -0.39 is 0 Å². The Morgan fingerprint density at radius 3 is 2.91 bits per heavy atom. The zero-order valence-electron chi connectivity index (χ0n) is 17.7. The Balaban J connectivity index is 1.56. The van der Waals surface area contributed by atoms with Crippen LogP contribution < -0.4 is 14.4 Å². The van der Waals surface area contributed by atoms with E-state index >= 15 is 0 Å². The van der Waals surface area contributed by atoms with Crippen molar-refractivity contribution in [3.8, 4) is 17.7 Å². The van der Waals surface area contributed by atoms with Crippen molar-refractivity contribution in [3.05, 3.63) is 71.7 Å². The molecule has 1 fully saturated rings. The van der Waals surface area contributed by atoms with Crippen LogP contribution in [-0.2, 0) is 11.3 Å². The van der Waals surface area contributed by atoms with Gasteiger partial charge in [0.15, 0.2) is 5.82 Å². The fourth-order valence-electron chi connectivity index (χ4n) is 3.97. The molecule has 1 unspecified atom stereocenters. The Kier molecular flexibility index (Phi) is 5.21. The van der Waals surface area contributed by atoms with Crippen molar-refractivity contribution < 1.29 is 14.2 Å². The predicted octanol–water partition coefficient (Wildman–Crippen LogP) is 4.25. The Morgan fingerprint density at radius 1 is 1.25 bits per heavy atom. The summed E-state index contributed by atoms with van der Waals surface area (Å²) in [7, 11) is 1.63. The number of allylic oxidation sites excluding steroid dienone is 1. The van der Waals surface area contributed by atoms with Crippen LogP contribution >= 0.6 is 0 Å². The van der Waals surface area contributed by atoms with E-state index in [0.29, 0.717) is 42.7 Å². The first kappa shape index (κ1) is 20.0. The first-order chi connectivity index (χ1) is 15.7. The molecule has 7 heteroatoms. The number of rotatable bonds is 5. The molecule has 0 aliphatic carbocycles. The lowest BCUT2D eigenvalue weighted by molar-refractivity contribution is 0.139. The molecule has 0 spiro atoms. The van der Waals surface area contributed by atoms with Crippen LogP contribution in [0, 0.1) is 11.3 Å². The maximum atomic E-state index is 9.62. The van der Waals surface area contributed by atoms with E-state index in [1.165, 1.54) is 0 Å². The van der Waals surface area contributed by atoms with Gasteiger partial charge in [0.05, 0.1) is 54.7 Å². The molecular weight excluding hydrogens is 404 g/mol. The van der Waals surface area contributed by atoms with Crippen molar-refractivity contribution in [2.45, 2.75) is 19.1 Å². The molecule has 0 bridgehead atoms. The summed E-state index contributed by atoms with van der Waals surface area (Å²) in [6.45, 7) is 5.74. The van der Waals surface area contributed by atoms with E-state index in [1.807, 2.05) is 53.4 Å². The van der Waals surface area contributed by atoms with E-state index in [9.17, 15) is 5.26 Å². The largest absolute Gasteiger partial charge is 0.497 e. The normalized spacial score (nSPS) is 17.6. The van der Waals surface area contributed by atoms with Crippen molar-refractivity contribution in [2.75, 3.05) is 25.2 Å². The van der Waals surface area contributed by atoms with Crippen LogP contribution in [0.3, 0.4) is 0 Å². The quantitative estimate of drug-likeness (QED) is 0.603. The van der Waals surface area contributed by atoms with Gasteiger partial charge in [-0.15, -0.1) is 0 Å². The third-order valence-corrected chi connectivity index (χ3v) is 5.67. The summed E-state index contributed by atoms with van der Waals surface area (Å²) in [5.74, 6) is 1.84. The van der Waals surface area contributed by atoms with Crippen LogP contribution in [0.4, 0.5) is 5.69 Å². The average molecular weight is 426 g/mol. The second-order valence-corrected chi connectivity index (χ2v) is 7.69. The number of nitriles is 1. The van der Waals surface area contributed by atoms with Gasteiger partial charge in [0.25, 0.3) is 0 Å². The van der Waals surface area contributed by atoms with Crippen molar-refractivity contribution >= 4 is 22.7 Å². The predicted molar refractivity (Wildman–Crippen MR) is 121 cm³/mol. The molecule has 160 valence electrons. The summed E-state index contributed by atoms with van der Waals surface area (Å²) in [4.78, 5) is 11.5. The van der Waals surface area contributed by atoms with E-state index in [1.54, 1.807) is 7.11 Å². The summed E-state index contributed by atoms with van der Waals surface area (Å²) in [6.07, 6.45) is 2.65. The van der Waals surface area contributed by atoms with Gasteiger partial charge in [-0.05, 0) is 35.9 Å². The Morgan fingerprint density at radius 2 is 2.12 bits per heavy atom. The van der Waals surface area contributed by atoms with E-state index in [4.69, 9.17) is 24.2 Å². The minimum Gasteiger partial charge on any atom is -0.497 e. The summed E-state index contributed by atoms with van der Waals surface area (Å²) in [5.41, 5.74) is 3.70. The van der Waals surface area contributed by atoms with Crippen LogP contribution in [0.1, 0.15) is 17.8 Å². The topological polar surface area (TPSA) is 80.5 Å². The molecule has 0 amide bonds. The van der Waals surface area contributed by atoms with Gasteiger partial charge in [-0.1, -0.05) is 18.7 Å². The molecule has 3 aromatic rings. The molecule has 7 nitrogen and oxygen atoms in total. The van der Waals surface area contributed by atoms with Gasteiger partial charge in [0.2, 0.25) is 5.88 Å². The lowest BCUT2D eigenvalue weighted by atomic mass is 10.0. The highest BCUT2D eigenvalue weighted by molar-refractivity contribution is 5.84. The molecule has 3 heterocycles. The van der Waals surface area contributed by atoms with Crippen molar-refractivity contribution in [2.24, 2.45) is 0 Å². The van der Waals surface area contributed by atoms with Crippen LogP contribution in [-0.4, -0.2) is 36.4 Å². The zero-order valence-corrected chi connectivity index (χ0v) is 17.7. The van der Waals surface area contributed by atoms with Gasteiger partial charge in [-0.2, -0.15) is 10.2 Å². The lowest BCUT2D eigenvalue weighted by Gasteiger charge is -2.31. The Labute approximate surface area is 186 Å². The van der Waals surface area contributed by atoms with Gasteiger partial charge in [-0.3, -0.25) is 0 Å². The summed E-state index contributed by atoms with van der Waals surface area (Å²) >= 11 is 0. The summed E-state index contributed by atoms with van der Waals surface area (Å²) in [6, 6.07) is 15.8. The molecule has 32 heavy (non-hydrogen) atoms. The third-order valence-electron chi connectivity index (χ3n) is 5.67. The van der Waals surface area contributed by atoms with Crippen molar-refractivity contribution in [1.82, 2.24) is 9.97 Å². The van der Waals surface area contributed by atoms with E-state index in [-0.39, 0.29) is 6.10 Å². The Bertz CT molecular complexity index is 1270. The third kappa shape index (κ3) is 3.66. The van der Waals surface area contributed by atoms with E-state index in [0.717, 1.165) is 34.3 Å². The Hall–Kier alpha value is -3.89. The molecule has 2 aliphatic heterocycles. The summed E-state index contributed by atoms with van der Waals surface area (Å²) in [5, 5.41) is 10.5. The molecular formula is C25H22N4O3. The van der Waals surface area contributed by atoms with Crippen LogP contribution in [0.2, 0.25) is 0 Å². The number of aromatic nitrogens is 2. The molecule has 0 saturated carbocycles. The smallest absolute Gasteiger partial charge is 0.225 e. The number of hydrogen-bond acceptors (Lipinski definition) is 7. The SMILES string of the molecule is C=C1C(C#N)=Cc2ccc(OC)cc2N1Cc1nc(OC2CCOC2)c2ccccc2n1. The number of fused-ring (bicyclic) bond motifs is 2. The maximum Gasteiger partial charge on any atom is 0.225 e. The van der Waals surface area contributed by atoms with Gasteiger partial charge < -0.3 is 19.1 Å². The highest BCUT2D eigenvalue weighted by Crippen LogP contribution is 2.37. The molecule has 0 N–H and O–H groups in total. The molecule has 5 rings (SSSR count). The number of hydrogen-bond donors (Lipinski definition) is 0. The standard InChI is InChI=1S/C25H22N4O3/c1-16-18(13-26)11-17-7-8-19(30-2)12-23(17)29(16)14-24-27-22-6-4-3-5-21(22)25(28-24)32-20-9-10-31-15-20/h3-8,11-12,20H,1,9-10,14-15H2,2H3. The second-order valence-electron chi connectivity index (χ2n) is 7.69. The fourth-order valence-corrected chi connectivity index (χ4v) is 3.97. The average Bonchev–Trinajstić information content (AvgIpc) is 3.33. The molecule has 1 atom stereocenters. The first-order valence-corrected chi connectivity index (χ1v) is 10.4. The number of nitrogens with zero attached hydrogens (tertiary/aromatic N) is 4. The minimum atomic E-state index is -0.0239. The summed E-state index contributed by atoms with van der Waals surface area (Å²) < 4.78 is 17.1. The number of methoxy groups -OCH3 is 1. The molecule has 1 saturated heterocycles. The number of ether oxygens (including phenoxy) is 3. The zero-order chi connectivity index (χ0) is 22.1. The molecule has 1 aromatic heterocycles. The molecule has 0 radical (unpaired) electrons. The fraction of sp³-hybridized carbons (Fsp3) is 0.240. The van der Waals surface area contributed by atoms with Gasteiger partial charge >= 0.3 is 0 Å².